The Morgan fingerprint density at radius 1 is 1.04 bits per heavy atom. The van der Waals surface area contributed by atoms with Gasteiger partial charge in [-0.2, -0.15) is 0 Å². The molecule has 0 unspecified atom stereocenters. The van der Waals surface area contributed by atoms with Crippen molar-refractivity contribution >= 4 is 22.2 Å². The van der Waals surface area contributed by atoms with Gasteiger partial charge in [-0.05, 0) is 54.3 Å². The van der Waals surface area contributed by atoms with Crippen LogP contribution in [0.4, 0.5) is 15.2 Å². The molecule has 0 saturated heterocycles. The van der Waals surface area contributed by atoms with E-state index in [1.54, 1.807) is 23.5 Å². The molecule has 23 heavy (non-hydrogen) atoms. The van der Waals surface area contributed by atoms with Gasteiger partial charge in [0, 0.05) is 16.6 Å². The molecule has 0 fully saturated rings. The van der Waals surface area contributed by atoms with Gasteiger partial charge in [0.05, 0.1) is 5.69 Å². The normalized spacial score (nSPS) is 10.7. The first-order chi connectivity index (χ1) is 11.2. The number of rotatable bonds is 5. The number of benzene rings is 2. The Hall–Kier alpha value is -2.20. The highest BCUT2D eigenvalue weighted by molar-refractivity contribution is 7.14. The molecular formula is C19H19FN2S. The molecule has 0 amide bonds. The van der Waals surface area contributed by atoms with E-state index in [0.717, 1.165) is 29.4 Å². The van der Waals surface area contributed by atoms with E-state index in [-0.39, 0.29) is 5.82 Å². The summed E-state index contributed by atoms with van der Waals surface area (Å²) in [5, 5.41) is 6.11. The summed E-state index contributed by atoms with van der Waals surface area (Å²) in [7, 11) is 0. The molecule has 3 aromatic rings. The first-order valence-corrected chi connectivity index (χ1v) is 8.68. The van der Waals surface area contributed by atoms with Crippen molar-refractivity contribution in [2.75, 3.05) is 5.32 Å². The Labute approximate surface area is 140 Å². The summed E-state index contributed by atoms with van der Waals surface area (Å²) in [5.74, 6) is -0.237. The Kier molecular flexibility index (Phi) is 4.72. The summed E-state index contributed by atoms with van der Waals surface area (Å²) >= 11 is 1.56. The number of aromatic nitrogens is 1. The van der Waals surface area contributed by atoms with Gasteiger partial charge in [-0.3, -0.25) is 0 Å². The fourth-order valence-electron chi connectivity index (χ4n) is 2.50. The van der Waals surface area contributed by atoms with E-state index in [1.165, 1.54) is 28.8 Å². The Bertz CT molecular complexity index is 793. The molecule has 0 radical (unpaired) electrons. The molecule has 0 aliphatic rings. The molecule has 0 aliphatic heterocycles. The Balaban J connectivity index is 1.88. The van der Waals surface area contributed by atoms with Crippen molar-refractivity contribution in [1.82, 2.24) is 4.98 Å². The largest absolute Gasteiger partial charge is 0.332 e. The summed E-state index contributed by atoms with van der Waals surface area (Å²) in [6, 6.07) is 12.9. The van der Waals surface area contributed by atoms with E-state index in [4.69, 9.17) is 4.98 Å². The minimum absolute atomic E-state index is 0.237. The molecule has 2 aromatic carbocycles. The number of aryl methyl sites for hydroxylation is 2. The molecule has 0 bridgehead atoms. The molecule has 1 aromatic heterocycles. The highest BCUT2D eigenvalue weighted by atomic mass is 32.1. The Morgan fingerprint density at radius 2 is 1.83 bits per heavy atom. The second kappa shape index (κ2) is 6.92. The zero-order valence-corrected chi connectivity index (χ0v) is 14.1. The van der Waals surface area contributed by atoms with Crippen LogP contribution in [-0.4, -0.2) is 4.98 Å². The molecule has 4 heteroatoms. The monoisotopic (exact) mass is 326 g/mol. The van der Waals surface area contributed by atoms with E-state index in [1.807, 2.05) is 0 Å². The maximum atomic E-state index is 13.0. The SMILES string of the molecule is CCc1ccc(CC)c(-c2csc(Nc3ccc(F)cc3)n2)c1. The lowest BCUT2D eigenvalue weighted by Gasteiger charge is -2.08. The molecule has 0 aliphatic carbocycles. The van der Waals surface area contributed by atoms with Crippen molar-refractivity contribution in [2.45, 2.75) is 26.7 Å². The second-order valence-electron chi connectivity index (χ2n) is 5.37. The van der Waals surface area contributed by atoms with E-state index in [2.05, 4.69) is 42.7 Å². The van der Waals surface area contributed by atoms with Crippen LogP contribution >= 0.6 is 11.3 Å². The molecule has 2 nitrogen and oxygen atoms in total. The van der Waals surface area contributed by atoms with Crippen molar-refractivity contribution in [3.63, 3.8) is 0 Å². The highest BCUT2D eigenvalue weighted by Crippen LogP contribution is 2.30. The quantitative estimate of drug-likeness (QED) is 0.639. The molecular weight excluding hydrogens is 307 g/mol. The average molecular weight is 326 g/mol. The zero-order valence-electron chi connectivity index (χ0n) is 13.3. The van der Waals surface area contributed by atoms with Crippen LogP contribution in [0.5, 0.6) is 0 Å². The summed E-state index contributed by atoms with van der Waals surface area (Å²) in [4.78, 5) is 4.70. The highest BCUT2D eigenvalue weighted by Gasteiger charge is 2.09. The van der Waals surface area contributed by atoms with Crippen LogP contribution in [0.15, 0.2) is 47.8 Å². The lowest BCUT2D eigenvalue weighted by atomic mass is 9.99. The number of hydrogen-bond acceptors (Lipinski definition) is 3. The third-order valence-corrected chi connectivity index (χ3v) is 4.60. The van der Waals surface area contributed by atoms with Gasteiger partial charge in [0.2, 0.25) is 0 Å². The maximum Gasteiger partial charge on any atom is 0.187 e. The van der Waals surface area contributed by atoms with Gasteiger partial charge < -0.3 is 5.32 Å². The molecule has 118 valence electrons. The molecule has 0 saturated carbocycles. The topological polar surface area (TPSA) is 24.9 Å². The predicted molar refractivity (Wildman–Crippen MR) is 96.0 cm³/mol. The van der Waals surface area contributed by atoms with Crippen molar-refractivity contribution in [3.05, 3.63) is 64.8 Å². The average Bonchev–Trinajstić information content (AvgIpc) is 3.04. The van der Waals surface area contributed by atoms with Gasteiger partial charge in [-0.15, -0.1) is 11.3 Å². The van der Waals surface area contributed by atoms with Crippen LogP contribution in [0.25, 0.3) is 11.3 Å². The third-order valence-electron chi connectivity index (χ3n) is 3.84. The van der Waals surface area contributed by atoms with Crippen LogP contribution < -0.4 is 5.32 Å². The van der Waals surface area contributed by atoms with E-state index >= 15 is 0 Å². The van der Waals surface area contributed by atoms with Gasteiger partial charge in [-0.25, -0.2) is 9.37 Å². The van der Waals surface area contributed by atoms with Crippen LogP contribution in [0, 0.1) is 5.82 Å². The minimum atomic E-state index is -0.237. The van der Waals surface area contributed by atoms with E-state index < -0.39 is 0 Å². The lowest BCUT2D eigenvalue weighted by molar-refractivity contribution is 0.628. The summed E-state index contributed by atoms with van der Waals surface area (Å²) in [5.41, 5.74) is 5.66. The molecule has 1 heterocycles. The van der Waals surface area contributed by atoms with Crippen LogP contribution in [-0.2, 0) is 12.8 Å². The smallest absolute Gasteiger partial charge is 0.187 e. The number of nitrogens with one attached hydrogen (secondary N) is 1. The standard InChI is InChI=1S/C19H19FN2S/c1-3-13-5-6-14(4-2)17(11-13)18-12-23-19(22-18)21-16-9-7-15(20)8-10-16/h5-12H,3-4H2,1-2H3,(H,21,22). The first kappa shape index (κ1) is 15.7. The summed E-state index contributed by atoms with van der Waals surface area (Å²) < 4.78 is 13.0. The Morgan fingerprint density at radius 3 is 2.52 bits per heavy atom. The van der Waals surface area contributed by atoms with Crippen molar-refractivity contribution < 1.29 is 4.39 Å². The van der Waals surface area contributed by atoms with Crippen molar-refractivity contribution in [3.8, 4) is 11.3 Å². The van der Waals surface area contributed by atoms with E-state index in [9.17, 15) is 4.39 Å². The fourth-order valence-corrected chi connectivity index (χ4v) is 3.23. The number of anilines is 2. The second-order valence-corrected chi connectivity index (χ2v) is 6.23. The number of thiazole rings is 1. The van der Waals surface area contributed by atoms with E-state index in [0.29, 0.717) is 0 Å². The molecule has 0 spiro atoms. The summed E-state index contributed by atoms with van der Waals surface area (Å²) in [6.45, 7) is 4.32. The maximum absolute atomic E-state index is 13.0. The molecule has 3 rings (SSSR count). The molecule has 0 atom stereocenters. The van der Waals surface area contributed by atoms with Gasteiger partial charge >= 0.3 is 0 Å². The van der Waals surface area contributed by atoms with Crippen molar-refractivity contribution in [2.24, 2.45) is 0 Å². The fraction of sp³-hybridized carbons (Fsp3) is 0.211. The molecule has 1 N–H and O–H groups in total. The number of halogens is 1. The van der Waals surface area contributed by atoms with Crippen LogP contribution in [0.3, 0.4) is 0 Å². The van der Waals surface area contributed by atoms with Crippen molar-refractivity contribution in [1.29, 1.82) is 0 Å². The van der Waals surface area contributed by atoms with Crippen LogP contribution in [0.1, 0.15) is 25.0 Å². The van der Waals surface area contributed by atoms with Gasteiger partial charge in [0.25, 0.3) is 0 Å². The summed E-state index contributed by atoms with van der Waals surface area (Å²) in [6.07, 6.45) is 2.00. The number of nitrogens with zero attached hydrogens (tertiary/aromatic N) is 1. The predicted octanol–water partition coefficient (Wildman–Crippen LogP) is 5.82. The lowest BCUT2D eigenvalue weighted by Crippen LogP contribution is -1.93. The van der Waals surface area contributed by atoms with Crippen LogP contribution in [0.2, 0.25) is 0 Å². The van der Waals surface area contributed by atoms with Gasteiger partial charge in [0.1, 0.15) is 5.82 Å². The zero-order chi connectivity index (χ0) is 16.2. The first-order valence-electron chi connectivity index (χ1n) is 7.80. The minimum Gasteiger partial charge on any atom is -0.332 e. The van der Waals surface area contributed by atoms with Gasteiger partial charge in [0.15, 0.2) is 5.13 Å². The number of hydrogen-bond donors (Lipinski definition) is 1. The van der Waals surface area contributed by atoms with Gasteiger partial charge in [-0.1, -0.05) is 26.0 Å². The third kappa shape index (κ3) is 3.59.